The van der Waals surface area contributed by atoms with Crippen LogP contribution in [0.25, 0.3) is 12.2 Å². The van der Waals surface area contributed by atoms with Crippen molar-refractivity contribution in [2.75, 3.05) is 0 Å². The first-order valence-electron chi connectivity index (χ1n) is 21.7. The standard InChI is InChI=1S/C56H42O11/c57-35-13-4-29(5-14-35)6-21-44-51-46(66-55(31-9-17-37(59)18-10-31)49(51)34-24-41(63)27-42(64)25-34)28-47-52(44)53(56(67-47)32-11-19-38(60)20-12-32)43-2-1-3-45-50(43)48(33-22-39(61)26-40(62)23-33)54(65-45)30-7-15-36(58)16-8-30/h1-28,48-49,53-64H/b21-6+/t48-,49-,53+,54+,55+,56-/m1/s1. The molecule has 8 aromatic carbocycles. The highest BCUT2D eigenvalue weighted by molar-refractivity contribution is 5.80. The highest BCUT2D eigenvalue weighted by Crippen LogP contribution is 2.62. The zero-order chi connectivity index (χ0) is 46.1. The summed E-state index contributed by atoms with van der Waals surface area (Å²) in [7, 11) is 0. The number of rotatable bonds is 8. The number of benzene rings is 8. The molecule has 3 aliphatic heterocycles. The van der Waals surface area contributed by atoms with Gasteiger partial charge in [-0.15, -0.1) is 0 Å². The quantitative estimate of drug-likeness (QED) is 0.0678. The maximum Gasteiger partial charge on any atom is 0.135 e. The molecule has 11 rings (SSSR count). The van der Waals surface area contributed by atoms with Crippen molar-refractivity contribution in [3.05, 3.63) is 219 Å². The Hall–Kier alpha value is -8.70. The Labute approximate surface area is 384 Å². The van der Waals surface area contributed by atoms with Gasteiger partial charge in [0.2, 0.25) is 0 Å². The molecule has 0 fully saturated rings. The van der Waals surface area contributed by atoms with E-state index in [-0.39, 0.29) is 46.0 Å². The summed E-state index contributed by atoms with van der Waals surface area (Å²) in [6.07, 6.45) is 1.86. The molecule has 3 heterocycles. The molecule has 0 unspecified atom stereocenters. The third-order valence-corrected chi connectivity index (χ3v) is 13.0. The Morgan fingerprint density at radius 1 is 0.313 bits per heavy atom. The molecule has 0 aliphatic carbocycles. The first-order valence-corrected chi connectivity index (χ1v) is 21.7. The van der Waals surface area contributed by atoms with E-state index in [0.717, 1.165) is 50.1 Å². The van der Waals surface area contributed by atoms with E-state index in [1.807, 2.05) is 48.6 Å². The molecule has 11 nitrogen and oxygen atoms in total. The molecule has 0 aromatic heterocycles. The van der Waals surface area contributed by atoms with Gasteiger partial charge in [0, 0.05) is 34.9 Å². The van der Waals surface area contributed by atoms with Crippen LogP contribution in [0.3, 0.4) is 0 Å². The van der Waals surface area contributed by atoms with Crippen LogP contribution in [0.5, 0.6) is 63.2 Å². The fourth-order valence-corrected chi connectivity index (χ4v) is 10.2. The Morgan fingerprint density at radius 2 is 0.701 bits per heavy atom. The van der Waals surface area contributed by atoms with E-state index in [9.17, 15) is 40.9 Å². The lowest BCUT2D eigenvalue weighted by molar-refractivity contribution is 0.212. The van der Waals surface area contributed by atoms with E-state index in [1.165, 1.54) is 12.1 Å². The Bertz CT molecular complexity index is 3180. The second kappa shape index (κ2) is 16.1. The Balaban J connectivity index is 1.20. The minimum atomic E-state index is -0.701. The van der Waals surface area contributed by atoms with Gasteiger partial charge in [-0.05, 0) is 123 Å². The zero-order valence-electron chi connectivity index (χ0n) is 35.4. The molecule has 0 spiro atoms. The summed E-state index contributed by atoms with van der Waals surface area (Å²) in [6.45, 7) is 0. The van der Waals surface area contributed by atoms with Gasteiger partial charge in [-0.2, -0.15) is 0 Å². The average molecular weight is 891 g/mol. The highest BCUT2D eigenvalue weighted by Gasteiger charge is 2.48. The molecular formula is C56H42O11. The Kier molecular flexibility index (Phi) is 9.84. The van der Waals surface area contributed by atoms with Gasteiger partial charge in [-0.3, -0.25) is 0 Å². The predicted molar refractivity (Wildman–Crippen MR) is 249 cm³/mol. The van der Waals surface area contributed by atoms with Gasteiger partial charge >= 0.3 is 0 Å². The first kappa shape index (κ1) is 41.0. The molecule has 6 atom stereocenters. The maximum absolute atomic E-state index is 11.0. The van der Waals surface area contributed by atoms with E-state index in [2.05, 4.69) is 0 Å². The smallest absolute Gasteiger partial charge is 0.135 e. The molecule has 8 N–H and O–H groups in total. The van der Waals surface area contributed by atoms with Crippen LogP contribution in [0, 0.1) is 0 Å². The fourth-order valence-electron chi connectivity index (χ4n) is 10.2. The molecule has 67 heavy (non-hydrogen) atoms. The third-order valence-electron chi connectivity index (χ3n) is 13.0. The summed E-state index contributed by atoms with van der Waals surface area (Å²) in [5, 5.41) is 85.1. The van der Waals surface area contributed by atoms with E-state index >= 15 is 0 Å². The Morgan fingerprint density at radius 3 is 1.16 bits per heavy atom. The van der Waals surface area contributed by atoms with Crippen LogP contribution in [-0.2, 0) is 0 Å². The van der Waals surface area contributed by atoms with Crippen molar-refractivity contribution in [1.29, 1.82) is 0 Å². The topological polar surface area (TPSA) is 190 Å². The van der Waals surface area contributed by atoms with E-state index in [0.29, 0.717) is 28.4 Å². The summed E-state index contributed by atoms with van der Waals surface area (Å²) in [5.74, 6) is -0.499. The number of fused-ring (bicyclic) bond motifs is 3. The van der Waals surface area contributed by atoms with E-state index in [4.69, 9.17) is 14.2 Å². The summed E-state index contributed by atoms with van der Waals surface area (Å²) < 4.78 is 21.0. The number of phenols is 8. The maximum atomic E-state index is 11.0. The second-order valence-electron chi connectivity index (χ2n) is 17.2. The molecular weight excluding hydrogens is 849 g/mol. The summed E-state index contributed by atoms with van der Waals surface area (Å²) in [5.41, 5.74) is 7.96. The van der Waals surface area contributed by atoms with Crippen molar-refractivity contribution in [3.8, 4) is 63.2 Å². The van der Waals surface area contributed by atoms with Crippen molar-refractivity contribution in [1.82, 2.24) is 0 Å². The lowest BCUT2D eigenvalue weighted by Crippen LogP contribution is -2.17. The number of hydrogen-bond donors (Lipinski definition) is 8. The van der Waals surface area contributed by atoms with Crippen LogP contribution in [0.15, 0.2) is 158 Å². The summed E-state index contributed by atoms with van der Waals surface area (Å²) in [6, 6.07) is 43.8. The second-order valence-corrected chi connectivity index (χ2v) is 17.2. The van der Waals surface area contributed by atoms with Crippen LogP contribution in [0.4, 0.5) is 0 Å². The molecule has 3 aliphatic rings. The van der Waals surface area contributed by atoms with Gasteiger partial charge < -0.3 is 55.1 Å². The number of hydrogen-bond acceptors (Lipinski definition) is 11. The van der Waals surface area contributed by atoms with Gasteiger partial charge in [0.1, 0.15) is 81.6 Å². The van der Waals surface area contributed by atoms with Gasteiger partial charge in [0.05, 0.1) is 17.8 Å². The van der Waals surface area contributed by atoms with Crippen LogP contribution >= 0.6 is 0 Å². The molecule has 0 saturated carbocycles. The fraction of sp³-hybridized carbons (Fsp3) is 0.107. The summed E-state index contributed by atoms with van der Waals surface area (Å²) >= 11 is 0. The molecule has 11 heteroatoms. The van der Waals surface area contributed by atoms with Crippen LogP contribution < -0.4 is 14.2 Å². The molecule has 8 aromatic rings. The first-order chi connectivity index (χ1) is 32.4. The lowest BCUT2D eigenvalue weighted by Gasteiger charge is -2.27. The number of phenolic OH excluding ortho intramolecular Hbond substituents is 8. The molecule has 0 bridgehead atoms. The summed E-state index contributed by atoms with van der Waals surface area (Å²) in [4.78, 5) is 0. The molecule has 0 radical (unpaired) electrons. The van der Waals surface area contributed by atoms with E-state index in [1.54, 1.807) is 109 Å². The third kappa shape index (κ3) is 7.36. The van der Waals surface area contributed by atoms with Crippen LogP contribution in [0.2, 0.25) is 0 Å². The van der Waals surface area contributed by atoms with Crippen LogP contribution in [0.1, 0.15) is 97.3 Å². The van der Waals surface area contributed by atoms with Crippen molar-refractivity contribution < 1.29 is 55.1 Å². The van der Waals surface area contributed by atoms with Gasteiger partial charge in [0.25, 0.3) is 0 Å². The average Bonchev–Trinajstić information content (AvgIpc) is 4.01. The van der Waals surface area contributed by atoms with Gasteiger partial charge in [0.15, 0.2) is 0 Å². The molecule has 0 saturated heterocycles. The number of ether oxygens (including phenoxy) is 3. The normalized spacial score (nSPS) is 20.1. The molecule has 332 valence electrons. The van der Waals surface area contributed by atoms with Gasteiger partial charge in [-0.25, -0.2) is 0 Å². The SMILES string of the molecule is Oc1ccc(/C=C/c2c3c(cc4c2[C@@H](c2cc(O)cc(O)c2)[C@H](c2ccc(O)cc2)O4)O[C@H](c2ccc(O)cc2)[C@H]3c2cccc3c2[C@@H](c2cc(O)cc(O)c2)[C@H](c2ccc(O)cc2)O3)cc1. The molecule has 0 amide bonds. The zero-order valence-corrected chi connectivity index (χ0v) is 35.4. The van der Waals surface area contributed by atoms with Crippen molar-refractivity contribution >= 4 is 12.2 Å². The largest absolute Gasteiger partial charge is 0.508 e. The van der Waals surface area contributed by atoms with Gasteiger partial charge in [-0.1, -0.05) is 72.8 Å². The van der Waals surface area contributed by atoms with Crippen molar-refractivity contribution in [2.24, 2.45) is 0 Å². The minimum absolute atomic E-state index is 0.0741. The lowest BCUT2D eigenvalue weighted by atomic mass is 9.74. The minimum Gasteiger partial charge on any atom is -0.508 e. The highest BCUT2D eigenvalue weighted by atomic mass is 16.5. The van der Waals surface area contributed by atoms with Crippen molar-refractivity contribution in [2.45, 2.75) is 36.1 Å². The van der Waals surface area contributed by atoms with Crippen LogP contribution in [-0.4, -0.2) is 40.9 Å². The number of aromatic hydroxyl groups is 8. The monoisotopic (exact) mass is 890 g/mol. The van der Waals surface area contributed by atoms with Crippen molar-refractivity contribution in [3.63, 3.8) is 0 Å². The predicted octanol–water partition coefficient (Wildman–Crippen LogP) is 11.3. The van der Waals surface area contributed by atoms with E-state index < -0.39 is 36.1 Å².